The first-order valence-electron chi connectivity index (χ1n) is 9.45. The molecule has 1 heterocycles. The van der Waals surface area contributed by atoms with Crippen LogP contribution in [0.5, 0.6) is 11.5 Å². The predicted molar refractivity (Wildman–Crippen MR) is 107 cm³/mol. The van der Waals surface area contributed by atoms with Gasteiger partial charge < -0.3 is 19.7 Å². The number of carbonyl (C=O) groups excluding carboxylic acids is 1. The smallest absolute Gasteiger partial charge is 0.279 e. The number of methoxy groups -OCH3 is 2. The fraction of sp³-hybridized carbons (Fsp3) is 0.409. The zero-order valence-corrected chi connectivity index (χ0v) is 16.6. The molecule has 1 unspecified atom stereocenters. The summed E-state index contributed by atoms with van der Waals surface area (Å²) >= 11 is 0. The first kappa shape index (κ1) is 19.2. The van der Waals surface area contributed by atoms with E-state index >= 15 is 0 Å². The molecule has 1 aliphatic rings. The molecule has 0 aliphatic carbocycles. The zero-order chi connectivity index (χ0) is 19.4. The fourth-order valence-electron chi connectivity index (χ4n) is 3.84. The van der Waals surface area contributed by atoms with Gasteiger partial charge in [-0.2, -0.15) is 0 Å². The summed E-state index contributed by atoms with van der Waals surface area (Å²) in [5, 5.41) is 3.04. The van der Waals surface area contributed by atoms with Crippen molar-refractivity contribution in [2.75, 3.05) is 32.6 Å². The predicted octanol–water partition coefficient (Wildman–Crippen LogP) is 2.68. The molecule has 0 aromatic heterocycles. The van der Waals surface area contributed by atoms with Gasteiger partial charge in [0, 0.05) is 24.6 Å². The molecule has 2 aromatic rings. The lowest BCUT2D eigenvalue weighted by atomic mass is 10.0. The monoisotopic (exact) mass is 369 g/mol. The van der Waals surface area contributed by atoms with Crippen LogP contribution in [0.1, 0.15) is 35.6 Å². The van der Waals surface area contributed by atoms with Gasteiger partial charge in [0.2, 0.25) is 0 Å². The summed E-state index contributed by atoms with van der Waals surface area (Å²) in [5.74, 6) is 1.66. The summed E-state index contributed by atoms with van der Waals surface area (Å²) in [6.45, 7) is 5.57. The molecule has 0 bridgehead atoms. The highest BCUT2D eigenvalue weighted by molar-refractivity contribution is 5.91. The zero-order valence-electron chi connectivity index (χ0n) is 16.6. The Morgan fingerprint density at radius 3 is 2.63 bits per heavy atom. The molecule has 0 saturated carbocycles. The lowest BCUT2D eigenvalue weighted by Crippen LogP contribution is -3.11. The Bertz CT molecular complexity index is 819. The number of carbonyl (C=O) groups is 1. The Labute approximate surface area is 161 Å². The lowest BCUT2D eigenvalue weighted by molar-refractivity contribution is -0.910. The van der Waals surface area contributed by atoms with Gasteiger partial charge in [-0.1, -0.05) is 6.07 Å². The van der Waals surface area contributed by atoms with Crippen LogP contribution in [-0.4, -0.2) is 33.2 Å². The molecule has 2 atom stereocenters. The van der Waals surface area contributed by atoms with Crippen molar-refractivity contribution in [3.63, 3.8) is 0 Å². The number of hydrogen-bond donors (Lipinski definition) is 2. The average molecular weight is 369 g/mol. The van der Waals surface area contributed by atoms with Crippen molar-refractivity contribution >= 4 is 11.6 Å². The number of amides is 1. The second-order valence-corrected chi connectivity index (χ2v) is 7.23. The molecule has 3 rings (SSSR count). The molecule has 1 amide bonds. The number of likely N-dealkylation sites (tertiary alicyclic amines) is 1. The topological polar surface area (TPSA) is 52.0 Å². The Kier molecular flexibility index (Phi) is 6.01. The van der Waals surface area contributed by atoms with Crippen LogP contribution in [-0.2, 0) is 4.79 Å². The average Bonchev–Trinajstić information content (AvgIpc) is 3.11. The van der Waals surface area contributed by atoms with Crippen molar-refractivity contribution in [2.24, 2.45) is 0 Å². The van der Waals surface area contributed by atoms with Crippen LogP contribution in [0.3, 0.4) is 0 Å². The van der Waals surface area contributed by atoms with Gasteiger partial charge in [-0.3, -0.25) is 4.79 Å². The van der Waals surface area contributed by atoms with E-state index in [-0.39, 0.29) is 11.9 Å². The molecule has 2 aromatic carbocycles. The molecule has 0 spiro atoms. The number of aryl methyl sites for hydroxylation is 2. The van der Waals surface area contributed by atoms with Gasteiger partial charge in [-0.15, -0.1) is 0 Å². The third-order valence-electron chi connectivity index (χ3n) is 5.48. The van der Waals surface area contributed by atoms with Crippen molar-refractivity contribution in [2.45, 2.75) is 32.7 Å². The van der Waals surface area contributed by atoms with Crippen molar-refractivity contribution in [1.82, 2.24) is 0 Å². The minimum Gasteiger partial charge on any atom is -0.497 e. The molecule has 0 radical (unpaired) electrons. The van der Waals surface area contributed by atoms with E-state index < -0.39 is 0 Å². The van der Waals surface area contributed by atoms with E-state index in [1.165, 1.54) is 16.0 Å². The molecule has 27 heavy (non-hydrogen) atoms. The van der Waals surface area contributed by atoms with E-state index in [1.54, 1.807) is 14.2 Å². The van der Waals surface area contributed by atoms with Crippen LogP contribution in [0.2, 0.25) is 0 Å². The number of quaternary nitrogens is 1. The van der Waals surface area contributed by atoms with Crippen LogP contribution in [0.4, 0.5) is 5.69 Å². The molecule has 1 aliphatic heterocycles. The Balaban J connectivity index is 1.71. The number of rotatable bonds is 6. The molecular formula is C22H29N2O3+. The largest absolute Gasteiger partial charge is 0.497 e. The summed E-state index contributed by atoms with van der Waals surface area (Å²) in [6, 6.07) is 12.2. The first-order chi connectivity index (χ1) is 13.0. The van der Waals surface area contributed by atoms with Crippen LogP contribution in [0, 0.1) is 13.8 Å². The van der Waals surface area contributed by atoms with Gasteiger partial charge in [0.05, 0.1) is 26.3 Å². The van der Waals surface area contributed by atoms with E-state index in [4.69, 9.17) is 9.47 Å². The van der Waals surface area contributed by atoms with E-state index in [0.29, 0.717) is 6.54 Å². The van der Waals surface area contributed by atoms with Gasteiger partial charge in [0.1, 0.15) is 17.5 Å². The maximum Gasteiger partial charge on any atom is 0.279 e. The van der Waals surface area contributed by atoms with Gasteiger partial charge in [-0.05, 0) is 49.2 Å². The van der Waals surface area contributed by atoms with Crippen molar-refractivity contribution in [3.05, 3.63) is 53.1 Å². The van der Waals surface area contributed by atoms with Crippen LogP contribution in [0.15, 0.2) is 36.4 Å². The second kappa shape index (κ2) is 8.44. The standard InChI is InChI=1S/C22H28N2O3/c1-15-7-8-17(12-16(15)2)23-22(25)14-24-11-5-6-20(24)19-10-9-18(26-3)13-21(19)27-4/h7-10,12-13,20H,5-6,11,14H2,1-4H3,(H,23,25)/p+1/t20-/m1/s1. The SMILES string of the molecule is COc1ccc([C@H]2CCC[NH+]2CC(=O)Nc2ccc(C)c(C)c2)c(OC)c1. The highest BCUT2D eigenvalue weighted by atomic mass is 16.5. The van der Waals surface area contributed by atoms with E-state index in [2.05, 4.69) is 25.2 Å². The summed E-state index contributed by atoms with van der Waals surface area (Å²) in [4.78, 5) is 13.9. The number of anilines is 1. The lowest BCUT2D eigenvalue weighted by Gasteiger charge is -2.23. The Morgan fingerprint density at radius 2 is 1.93 bits per heavy atom. The summed E-state index contributed by atoms with van der Waals surface area (Å²) in [7, 11) is 3.33. The molecule has 1 fully saturated rings. The highest BCUT2D eigenvalue weighted by Gasteiger charge is 2.33. The fourth-order valence-corrected chi connectivity index (χ4v) is 3.84. The van der Waals surface area contributed by atoms with Crippen molar-refractivity contribution in [3.8, 4) is 11.5 Å². The third kappa shape index (κ3) is 4.42. The summed E-state index contributed by atoms with van der Waals surface area (Å²) < 4.78 is 10.9. The molecule has 5 heteroatoms. The van der Waals surface area contributed by atoms with E-state index in [0.717, 1.165) is 42.1 Å². The Morgan fingerprint density at radius 1 is 1.11 bits per heavy atom. The molecule has 5 nitrogen and oxygen atoms in total. The van der Waals surface area contributed by atoms with Gasteiger partial charge in [0.25, 0.3) is 5.91 Å². The van der Waals surface area contributed by atoms with Crippen LogP contribution in [0.25, 0.3) is 0 Å². The number of benzene rings is 2. The van der Waals surface area contributed by atoms with Crippen LogP contribution < -0.4 is 19.7 Å². The van der Waals surface area contributed by atoms with Crippen molar-refractivity contribution in [1.29, 1.82) is 0 Å². The molecule has 1 saturated heterocycles. The number of ether oxygens (including phenoxy) is 2. The first-order valence-corrected chi connectivity index (χ1v) is 9.45. The van der Waals surface area contributed by atoms with Gasteiger partial charge in [0.15, 0.2) is 6.54 Å². The second-order valence-electron chi connectivity index (χ2n) is 7.23. The quantitative estimate of drug-likeness (QED) is 0.823. The third-order valence-corrected chi connectivity index (χ3v) is 5.48. The molecule has 2 N–H and O–H groups in total. The van der Waals surface area contributed by atoms with E-state index in [9.17, 15) is 4.79 Å². The molecular weight excluding hydrogens is 340 g/mol. The number of nitrogens with one attached hydrogen (secondary N) is 2. The maximum atomic E-state index is 12.6. The molecule has 144 valence electrons. The Hall–Kier alpha value is -2.53. The normalized spacial score (nSPS) is 19.0. The minimum absolute atomic E-state index is 0.0487. The number of hydrogen-bond acceptors (Lipinski definition) is 3. The van der Waals surface area contributed by atoms with E-state index in [1.807, 2.05) is 30.3 Å². The highest BCUT2D eigenvalue weighted by Crippen LogP contribution is 2.31. The van der Waals surface area contributed by atoms with Gasteiger partial charge in [-0.25, -0.2) is 0 Å². The van der Waals surface area contributed by atoms with Gasteiger partial charge >= 0.3 is 0 Å². The summed E-state index contributed by atoms with van der Waals surface area (Å²) in [6.07, 6.45) is 2.15. The maximum absolute atomic E-state index is 12.6. The summed E-state index contributed by atoms with van der Waals surface area (Å²) in [5.41, 5.74) is 4.41. The minimum atomic E-state index is 0.0487. The van der Waals surface area contributed by atoms with Crippen LogP contribution >= 0.6 is 0 Å². The van der Waals surface area contributed by atoms with Crippen molar-refractivity contribution < 1.29 is 19.2 Å².